The summed E-state index contributed by atoms with van der Waals surface area (Å²) >= 11 is 0. The Morgan fingerprint density at radius 3 is 2.81 bits per heavy atom. The zero-order valence-electron chi connectivity index (χ0n) is 17.6. The molecule has 3 aliphatic heterocycles. The number of hydrogen-bond donors (Lipinski definition) is 1. The van der Waals surface area contributed by atoms with Crippen LogP contribution in [0.2, 0.25) is 0 Å². The van der Waals surface area contributed by atoms with Crippen LogP contribution in [0.25, 0.3) is 0 Å². The minimum absolute atomic E-state index is 0.128. The third-order valence-electron chi connectivity index (χ3n) is 6.05. The molecule has 0 spiro atoms. The highest BCUT2D eigenvalue weighted by Crippen LogP contribution is 2.31. The van der Waals surface area contributed by atoms with Crippen LogP contribution in [-0.4, -0.2) is 68.9 Å². The first-order valence-electron chi connectivity index (χ1n) is 10.8. The first-order chi connectivity index (χ1) is 15.5. The summed E-state index contributed by atoms with van der Waals surface area (Å²) in [6.07, 6.45) is 3.21. The van der Waals surface area contributed by atoms with Crippen LogP contribution < -0.4 is 10.2 Å². The summed E-state index contributed by atoms with van der Waals surface area (Å²) in [5.41, 5.74) is 1.53. The highest BCUT2D eigenvalue weighted by Gasteiger charge is 2.39. The number of sulfonamides is 1. The van der Waals surface area contributed by atoms with E-state index in [-0.39, 0.29) is 10.8 Å². The molecule has 2 aromatic rings. The molecular weight excluding hydrogens is 430 g/mol. The molecule has 5 rings (SSSR count). The van der Waals surface area contributed by atoms with Crippen LogP contribution in [-0.2, 0) is 26.1 Å². The lowest BCUT2D eigenvalue weighted by Gasteiger charge is -2.28. The SMILES string of the molecule is O=C(NCc1ccnc(N2CCOCC2)c1)[C@@H]1CCCN1C1=NS(=O)(=O)c2ccccc21. The number of carbonyl (C=O) groups excluding carboxylic acids is 1. The third kappa shape index (κ3) is 3.95. The number of carbonyl (C=O) groups is 1. The Balaban J connectivity index is 1.28. The van der Waals surface area contributed by atoms with Gasteiger partial charge in [-0.1, -0.05) is 12.1 Å². The molecule has 0 radical (unpaired) electrons. The minimum atomic E-state index is -3.72. The zero-order valence-corrected chi connectivity index (χ0v) is 18.4. The molecule has 1 amide bonds. The summed E-state index contributed by atoms with van der Waals surface area (Å²) in [6, 6.07) is 10.2. The Bertz CT molecular complexity index is 1160. The van der Waals surface area contributed by atoms with Gasteiger partial charge in [-0.2, -0.15) is 8.42 Å². The molecule has 2 fully saturated rings. The first-order valence-corrected chi connectivity index (χ1v) is 12.2. The molecule has 4 heterocycles. The number of nitrogens with zero attached hydrogens (tertiary/aromatic N) is 4. The Hall–Kier alpha value is -2.98. The Kier molecular flexibility index (Phi) is 5.56. The van der Waals surface area contributed by atoms with E-state index >= 15 is 0 Å². The van der Waals surface area contributed by atoms with Crippen LogP contribution in [0.4, 0.5) is 5.82 Å². The highest BCUT2D eigenvalue weighted by molar-refractivity contribution is 7.90. The molecule has 3 aliphatic rings. The van der Waals surface area contributed by atoms with Gasteiger partial charge in [0.15, 0.2) is 5.84 Å². The van der Waals surface area contributed by atoms with Crippen molar-refractivity contribution in [1.82, 2.24) is 15.2 Å². The fourth-order valence-electron chi connectivity index (χ4n) is 4.43. The molecule has 1 atom stereocenters. The average molecular weight is 456 g/mol. The molecule has 0 bridgehead atoms. The van der Waals surface area contributed by atoms with E-state index in [4.69, 9.17) is 4.74 Å². The van der Waals surface area contributed by atoms with Gasteiger partial charge in [0.25, 0.3) is 10.0 Å². The lowest BCUT2D eigenvalue weighted by Crippen LogP contribution is -2.45. The van der Waals surface area contributed by atoms with E-state index in [0.29, 0.717) is 44.1 Å². The van der Waals surface area contributed by atoms with E-state index in [2.05, 4.69) is 19.6 Å². The summed E-state index contributed by atoms with van der Waals surface area (Å²) in [6.45, 7) is 3.94. The number of amidine groups is 1. The normalized spacial score (nSPS) is 21.9. The number of anilines is 1. The van der Waals surface area contributed by atoms with Gasteiger partial charge in [0.1, 0.15) is 16.8 Å². The quantitative estimate of drug-likeness (QED) is 0.737. The topological polar surface area (TPSA) is 104 Å². The maximum Gasteiger partial charge on any atom is 0.285 e. The smallest absolute Gasteiger partial charge is 0.285 e. The molecule has 1 aromatic heterocycles. The molecule has 168 valence electrons. The minimum Gasteiger partial charge on any atom is -0.378 e. The summed E-state index contributed by atoms with van der Waals surface area (Å²) in [5, 5.41) is 3.01. The van der Waals surface area contributed by atoms with Gasteiger partial charge in [0.05, 0.1) is 13.2 Å². The van der Waals surface area contributed by atoms with E-state index in [1.54, 1.807) is 30.5 Å². The summed E-state index contributed by atoms with van der Waals surface area (Å²) in [4.78, 5) is 21.7. The second-order valence-electron chi connectivity index (χ2n) is 8.08. The Morgan fingerprint density at radius 2 is 1.97 bits per heavy atom. The van der Waals surface area contributed by atoms with Crippen molar-refractivity contribution in [3.05, 3.63) is 53.7 Å². The number of rotatable bonds is 4. The van der Waals surface area contributed by atoms with Gasteiger partial charge < -0.3 is 19.9 Å². The lowest BCUT2D eigenvalue weighted by molar-refractivity contribution is -0.124. The van der Waals surface area contributed by atoms with Crippen molar-refractivity contribution < 1.29 is 17.9 Å². The molecule has 10 heteroatoms. The number of likely N-dealkylation sites (tertiary alicyclic amines) is 1. The van der Waals surface area contributed by atoms with Crippen LogP contribution in [0.5, 0.6) is 0 Å². The van der Waals surface area contributed by atoms with E-state index < -0.39 is 16.1 Å². The van der Waals surface area contributed by atoms with Crippen molar-refractivity contribution in [1.29, 1.82) is 0 Å². The Labute approximate surface area is 187 Å². The van der Waals surface area contributed by atoms with Crippen LogP contribution in [0.1, 0.15) is 24.0 Å². The number of nitrogens with one attached hydrogen (secondary N) is 1. The van der Waals surface area contributed by atoms with Crippen LogP contribution >= 0.6 is 0 Å². The van der Waals surface area contributed by atoms with Crippen LogP contribution in [0, 0.1) is 0 Å². The fraction of sp³-hybridized carbons (Fsp3) is 0.409. The molecule has 2 saturated heterocycles. The van der Waals surface area contributed by atoms with Crippen molar-refractivity contribution in [2.45, 2.75) is 30.3 Å². The number of hydrogen-bond acceptors (Lipinski definition) is 7. The molecule has 1 N–H and O–H groups in total. The van der Waals surface area contributed by atoms with Gasteiger partial charge >= 0.3 is 0 Å². The maximum atomic E-state index is 13.0. The van der Waals surface area contributed by atoms with E-state index in [1.807, 2.05) is 17.0 Å². The Morgan fingerprint density at radius 1 is 1.16 bits per heavy atom. The second-order valence-corrected chi connectivity index (χ2v) is 9.65. The first kappa shape index (κ1) is 20.9. The number of ether oxygens (including phenoxy) is 1. The molecule has 1 aromatic carbocycles. The van der Waals surface area contributed by atoms with Crippen molar-refractivity contribution in [2.75, 3.05) is 37.7 Å². The maximum absolute atomic E-state index is 13.0. The van der Waals surface area contributed by atoms with Gasteiger partial charge in [-0.25, -0.2) is 4.98 Å². The van der Waals surface area contributed by atoms with Gasteiger partial charge in [0, 0.05) is 37.9 Å². The second kappa shape index (κ2) is 8.51. The standard InChI is InChI=1S/C22H25N5O4S/c28-22(24-15-16-7-8-23-20(14-16)26-10-12-31-13-11-26)18-5-3-9-27(18)21-17-4-1-2-6-19(17)32(29,30)25-21/h1-2,4,6-8,14,18H,3,5,9-13,15H2,(H,24,28)/t18-/m0/s1. The highest BCUT2D eigenvalue weighted by atomic mass is 32.2. The van der Waals surface area contributed by atoms with Crippen molar-refractivity contribution in [3.8, 4) is 0 Å². The third-order valence-corrected chi connectivity index (χ3v) is 7.38. The number of amides is 1. The van der Waals surface area contributed by atoms with Gasteiger partial charge in [-0.3, -0.25) is 4.79 Å². The predicted octanol–water partition coefficient (Wildman–Crippen LogP) is 1.15. The van der Waals surface area contributed by atoms with Crippen LogP contribution in [0.3, 0.4) is 0 Å². The fourth-order valence-corrected chi connectivity index (χ4v) is 5.65. The monoisotopic (exact) mass is 455 g/mol. The molecule has 0 unspecified atom stereocenters. The van der Waals surface area contributed by atoms with Gasteiger partial charge in [-0.15, -0.1) is 4.40 Å². The number of pyridine rings is 1. The summed E-state index contributed by atoms with van der Waals surface area (Å²) < 4.78 is 34.3. The number of morpholine rings is 1. The largest absolute Gasteiger partial charge is 0.378 e. The average Bonchev–Trinajstić information content (AvgIpc) is 3.41. The number of aromatic nitrogens is 1. The van der Waals surface area contributed by atoms with Gasteiger partial charge in [-0.05, 0) is 42.7 Å². The van der Waals surface area contributed by atoms with Crippen LogP contribution in [0.15, 0.2) is 51.9 Å². The predicted molar refractivity (Wildman–Crippen MR) is 119 cm³/mol. The summed E-state index contributed by atoms with van der Waals surface area (Å²) in [7, 11) is -3.72. The van der Waals surface area contributed by atoms with Crippen molar-refractivity contribution in [3.63, 3.8) is 0 Å². The van der Waals surface area contributed by atoms with E-state index in [1.165, 1.54) is 0 Å². The number of fused-ring (bicyclic) bond motifs is 1. The van der Waals surface area contributed by atoms with E-state index in [9.17, 15) is 13.2 Å². The van der Waals surface area contributed by atoms with E-state index in [0.717, 1.165) is 30.9 Å². The lowest BCUT2D eigenvalue weighted by atomic mass is 10.1. The summed E-state index contributed by atoms with van der Waals surface area (Å²) in [5.74, 6) is 1.12. The molecule has 0 aliphatic carbocycles. The zero-order chi connectivity index (χ0) is 22.1. The molecule has 9 nitrogen and oxygen atoms in total. The number of benzene rings is 1. The molecule has 32 heavy (non-hydrogen) atoms. The molecular formula is C22H25N5O4S. The molecule has 0 saturated carbocycles. The van der Waals surface area contributed by atoms with Crippen molar-refractivity contribution in [2.24, 2.45) is 4.40 Å². The van der Waals surface area contributed by atoms with Gasteiger partial charge in [0.2, 0.25) is 5.91 Å². The van der Waals surface area contributed by atoms with Crippen molar-refractivity contribution >= 4 is 27.6 Å².